The Morgan fingerprint density at radius 1 is 1.46 bits per heavy atom. The first-order valence-corrected chi connectivity index (χ1v) is 4.44. The van der Waals surface area contributed by atoms with Crippen molar-refractivity contribution < 1.29 is 4.74 Å². The highest BCUT2D eigenvalue weighted by Gasteiger charge is 1.99. The molecule has 0 spiro atoms. The minimum atomic E-state index is 0.00681. The maximum absolute atomic E-state index is 11.3. The molecule has 0 bridgehead atoms. The summed E-state index contributed by atoms with van der Waals surface area (Å²) in [4.78, 5) is 11.3. The van der Waals surface area contributed by atoms with Crippen LogP contribution >= 0.6 is 0 Å². The summed E-state index contributed by atoms with van der Waals surface area (Å²) in [6.07, 6.45) is 3.74. The highest BCUT2D eigenvalue weighted by atomic mass is 16.5. The van der Waals surface area contributed by atoms with Gasteiger partial charge in [-0.2, -0.15) is 0 Å². The summed E-state index contributed by atoms with van der Waals surface area (Å²) >= 11 is 0. The summed E-state index contributed by atoms with van der Waals surface area (Å²) in [6.45, 7) is 5.17. The van der Waals surface area contributed by atoms with Gasteiger partial charge in [0.15, 0.2) is 0 Å². The van der Waals surface area contributed by atoms with Gasteiger partial charge in [0.2, 0.25) is 0 Å². The number of hydrogen-bond donors (Lipinski definition) is 0. The molecule has 1 rings (SSSR count). The largest absolute Gasteiger partial charge is 0.377 e. The van der Waals surface area contributed by atoms with Crippen molar-refractivity contribution in [3.63, 3.8) is 0 Å². The fourth-order valence-electron chi connectivity index (χ4n) is 1.07. The first-order chi connectivity index (χ1) is 6.11. The number of aryl methyl sites for hydroxylation is 1. The van der Waals surface area contributed by atoms with E-state index in [-0.39, 0.29) is 11.8 Å². The normalized spacial score (nSPS) is 11.1. The van der Waals surface area contributed by atoms with Crippen LogP contribution in [0.5, 0.6) is 0 Å². The molecule has 1 heterocycles. The third-order valence-electron chi connectivity index (χ3n) is 1.80. The topological polar surface area (TPSA) is 36.2 Å². The van der Waals surface area contributed by atoms with E-state index in [0.717, 1.165) is 0 Å². The fourth-order valence-corrected chi connectivity index (χ4v) is 1.07. The zero-order valence-electron chi connectivity index (χ0n) is 8.36. The zero-order valence-corrected chi connectivity index (χ0v) is 8.36. The molecule has 0 aliphatic rings. The summed E-state index contributed by atoms with van der Waals surface area (Å²) in [5, 5.41) is 0. The van der Waals surface area contributed by atoms with Crippen molar-refractivity contribution in [2.45, 2.75) is 26.5 Å². The zero-order chi connectivity index (χ0) is 9.84. The van der Waals surface area contributed by atoms with Crippen molar-refractivity contribution in [3.05, 3.63) is 22.9 Å². The predicted molar refractivity (Wildman–Crippen MR) is 50.8 cm³/mol. The van der Waals surface area contributed by atoms with Gasteiger partial charge in [0.1, 0.15) is 0 Å². The number of ether oxygens (including phenoxy) is 1. The van der Waals surface area contributed by atoms with Gasteiger partial charge in [-0.1, -0.05) is 0 Å². The fraction of sp³-hybridized carbons (Fsp3) is 0.667. The minimum absolute atomic E-state index is 0.00681. The van der Waals surface area contributed by atoms with E-state index in [0.29, 0.717) is 13.2 Å². The minimum Gasteiger partial charge on any atom is -0.377 e. The number of rotatable bonds is 4. The van der Waals surface area contributed by atoms with Crippen LogP contribution in [-0.4, -0.2) is 21.8 Å². The second-order valence-electron chi connectivity index (χ2n) is 3.30. The van der Waals surface area contributed by atoms with E-state index >= 15 is 0 Å². The van der Waals surface area contributed by atoms with Crippen molar-refractivity contribution in [2.24, 2.45) is 7.05 Å². The molecule has 0 aromatic carbocycles. The van der Waals surface area contributed by atoms with E-state index < -0.39 is 0 Å². The Balaban J connectivity index is 2.46. The molecule has 0 saturated heterocycles. The van der Waals surface area contributed by atoms with Crippen molar-refractivity contribution in [3.8, 4) is 0 Å². The molecule has 4 heteroatoms. The average molecular weight is 184 g/mol. The van der Waals surface area contributed by atoms with Gasteiger partial charge in [-0.05, 0) is 13.8 Å². The standard InChI is InChI=1S/C9H16N2O2/c1-8(2)13-7-6-11-5-4-10(3)9(11)12/h4-5,8H,6-7H2,1-3H3. The summed E-state index contributed by atoms with van der Waals surface area (Å²) < 4.78 is 8.53. The number of imidazole rings is 1. The lowest BCUT2D eigenvalue weighted by atomic mass is 10.5. The molecule has 1 aromatic rings. The van der Waals surface area contributed by atoms with Gasteiger partial charge in [0.25, 0.3) is 0 Å². The van der Waals surface area contributed by atoms with Crippen molar-refractivity contribution in [2.75, 3.05) is 6.61 Å². The van der Waals surface area contributed by atoms with Gasteiger partial charge in [-0.15, -0.1) is 0 Å². The van der Waals surface area contributed by atoms with Crippen LogP contribution in [0.4, 0.5) is 0 Å². The maximum atomic E-state index is 11.3. The van der Waals surface area contributed by atoms with Gasteiger partial charge in [-0.25, -0.2) is 4.79 Å². The third kappa shape index (κ3) is 2.73. The molecular formula is C9H16N2O2. The van der Waals surface area contributed by atoms with Crippen LogP contribution in [-0.2, 0) is 18.3 Å². The van der Waals surface area contributed by atoms with E-state index in [1.165, 1.54) is 0 Å². The van der Waals surface area contributed by atoms with Crippen LogP contribution in [0.2, 0.25) is 0 Å². The van der Waals surface area contributed by atoms with E-state index in [9.17, 15) is 4.79 Å². The number of nitrogens with zero attached hydrogens (tertiary/aromatic N) is 2. The van der Waals surface area contributed by atoms with E-state index in [4.69, 9.17) is 4.74 Å². The molecule has 0 atom stereocenters. The first kappa shape index (κ1) is 10.1. The molecule has 4 nitrogen and oxygen atoms in total. The molecule has 0 aliphatic heterocycles. The Morgan fingerprint density at radius 2 is 2.15 bits per heavy atom. The SMILES string of the molecule is CC(C)OCCn1ccn(C)c1=O. The molecule has 0 radical (unpaired) electrons. The van der Waals surface area contributed by atoms with Crippen molar-refractivity contribution in [1.82, 2.24) is 9.13 Å². The molecular weight excluding hydrogens is 168 g/mol. The summed E-state index contributed by atoms with van der Waals surface area (Å²) in [5.74, 6) is 0. The Kier molecular flexibility index (Phi) is 3.31. The highest BCUT2D eigenvalue weighted by molar-refractivity contribution is 4.79. The smallest absolute Gasteiger partial charge is 0.327 e. The molecule has 0 amide bonds. The lowest BCUT2D eigenvalue weighted by Gasteiger charge is -2.06. The predicted octanol–water partition coefficient (Wildman–Crippen LogP) is 0.612. The molecule has 0 unspecified atom stereocenters. The van der Waals surface area contributed by atoms with Crippen LogP contribution < -0.4 is 5.69 Å². The number of aromatic nitrogens is 2. The Morgan fingerprint density at radius 3 is 2.62 bits per heavy atom. The van der Waals surface area contributed by atoms with E-state index in [1.807, 2.05) is 13.8 Å². The summed E-state index contributed by atoms with van der Waals surface area (Å²) in [7, 11) is 1.74. The molecule has 13 heavy (non-hydrogen) atoms. The van der Waals surface area contributed by atoms with Crippen LogP contribution in [0.3, 0.4) is 0 Å². The average Bonchev–Trinajstić information content (AvgIpc) is 2.35. The van der Waals surface area contributed by atoms with Gasteiger partial charge in [-0.3, -0.25) is 4.57 Å². The maximum Gasteiger partial charge on any atom is 0.327 e. The van der Waals surface area contributed by atoms with Gasteiger partial charge in [0.05, 0.1) is 19.3 Å². The lowest BCUT2D eigenvalue weighted by molar-refractivity contribution is 0.0722. The number of hydrogen-bond acceptors (Lipinski definition) is 2. The van der Waals surface area contributed by atoms with Crippen LogP contribution in [0.25, 0.3) is 0 Å². The van der Waals surface area contributed by atoms with Crippen molar-refractivity contribution in [1.29, 1.82) is 0 Å². The molecule has 0 N–H and O–H groups in total. The van der Waals surface area contributed by atoms with Crippen LogP contribution in [0.1, 0.15) is 13.8 Å². The van der Waals surface area contributed by atoms with Crippen LogP contribution in [0.15, 0.2) is 17.2 Å². The summed E-state index contributed by atoms with van der Waals surface area (Å²) in [5.41, 5.74) is 0.00681. The van der Waals surface area contributed by atoms with Gasteiger partial charge >= 0.3 is 5.69 Å². The molecule has 0 saturated carbocycles. The molecule has 0 fully saturated rings. The lowest BCUT2D eigenvalue weighted by Crippen LogP contribution is -2.24. The van der Waals surface area contributed by atoms with Crippen LogP contribution in [0, 0.1) is 0 Å². The van der Waals surface area contributed by atoms with E-state index in [1.54, 1.807) is 28.6 Å². The van der Waals surface area contributed by atoms with Gasteiger partial charge < -0.3 is 9.30 Å². The molecule has 0 aliphatic carbocycles. The first-order valence-electron chi connectivity index (χ1n) is 4.44. The summed E-state index contributed by atoms with van der Waals surface area (Å²) in [6, 6.07) is 0. The second kappa shape index (κ2) is 4.28. The molecule has 1 aromatic heterocycles. The Labute approximate surface area is 77.7 Å². The monoisotopic (exact) mass is 184 g/mol. The molecule has 74 valence electrons. The Hall–Kier alpha value is -1.03. The third-order valence-corrected chi connectivity index (χ3v) is 1.80. The van der Waals surface area contributed by atoms with Gasteiger partial charge in [0, 0.05) is 19.4 Å². The Bertz CT molecular complexity index is 312. The van der Waals surface area contributed by atoms with E-state index in [2.05, 4.69) is 0 Å². The highest BCUT2D eigenvalue weighted by Crippen LogP contribution is 1.89. The second-order valence-corrected chi connectivity index (χ2v) is 3.30. The van der Waals surface area contributed by atoms with Crippen molar-refractivity contribution >= 4 is 0 Å². The quantitative estimate of drug-likeness (QED) is 0.687.